The number of allylic oxidation sites excluding steroid dienone is 1. The Kier molecular flexibility index (Phi) is 3.53. The minimum Gasteiger partial charge on any atom is -0.392 e. The van der Waals surface area contributed by atoms with Gasteiger partial charge in [0.05, 0.1) is 6.61 Å². The molecule has 0 unspecified atom stereocenters. The monoisotopic (exact) mass is 177 g/mol. The number of rotatable bonds is 3. The quantitative estimate of drug-likeness (QED) is 0.763. The van der Waals surface area contributed by atoms with Gasteiger partial charge in [-0.1, -0.05) is 18.2 Å². The number of benzene rings is 1. The Labute approximate surface area is 79.1 Å². The summed E-state index contributed by atoms with van der Waals surface area (Å²) in [6.45, 7) is 2.06. The van der Waals surface area contributed by atoms with Gasteiger partial charge in [-0.05, 0) is 25.1 Å². The maximum Gasteiger partial charge on any atom is 0.0632 e. The zero-order chi connectivity index (χ0) is 9.68. The Morgan fingerprint density at radius 2 is 2.00 bits per heavy atom. The summed E-state index contributed by atoms with van der Waals surface area (Å²) in [6, 6.07) is 10.1. The molecule has 0 saturated heterocycles. The van der Waals surface area contributed by atoms with E-state index in [9.17, 15) is 0 Å². The first-order chi connectivity index (χ1) is 6.25. The van der Waals surface area contributed by atoms with Crippen molar-refractivity contribution >= 4 is 5.69 Å². The van der Waals surface area contributed by atoms with Gasteiger partial charge in [0.2, 0.25) is 0 Å². The van der Waals surface area contributed by atoms with E-state index in [4.69, 9.17) is 5.11 Å². The van der Waals surface area contributed by atoms with Crippen molar-refractivity contribution in [2.24, 2.45) is 0 Å². The van der Waals surface area contributed by atoms with Crippen LogP contribution in [0.4, 0.5) is 5.69 Å². The van der Waals surface area contributed by atoms with Gasteiger partial charge in [-0.15, -0.1) is 0 Å². The van der Waals surface area contributed by atoms with E-state index < -0.39 is 0 Å². The van der Waals surface area contributed by atoms with Gasteiger partial charge < -0.3 is 10.0 Å². The molecule has 1 rings (SSSR count). The van der Waals surface area contributed by atoms with Crippen molar-refractivity contribution < 1.29 is 5.11 Å². The number of hydrogen-bond acceptors (Lipinski definition) is 2. The van der Waals surface area contributed by atoms with Gasteiger partial charge in [0.15, 0.2) is 0 Å². The average molecular weight is 177 g/mol. The van der Waals surface area contributed by atoms with E-state index in [-0.39, 0.29) is 6.61 Å². The first-order valence-electron chi connectivity index (χ1n) is 4.32. The molecule has 0 aromatic heterocycles. The zero-order valence-corrected chi connectivity index (χ0v) is 8.07. The third-order valence-corrected chi connectivity index (χ3v) is 2.06. The summed E-state index contributed by atoms with van der Waals surface area (Å²) in [7, 11) is 1.98. The fourth-order valence-electron chi connectivity index (χ4n) is 1.12. The molecule has 2 nitrogen and oxygen atoms in total. The summed E-state index contributed by atoms with van der Waals surface area (Å²) in [4.78, 5) is 2.04. The lowest BCUT2D eigenvalue weighted by Crippen LogP contribution is -2.14. The normalized spacial score (nSPS) is 11.5. The smallest absolute Gasteiger partial charge is 0.0632 e. The van der Waals surface area contributed by atoms with Gasteiger partial charge in [0.1, 0.15) is 0 Å². The van der Waals surface area contributed by atoms with E-state index in [1.807, 2.05) is 49.2 Å². The summed E-state index contributed by atoms with van der Waals surface area (Å²) in [5.74, 6) is 0. The lowest BCUT2D eigenvalue weighted by atomic mass is 10.3. The molecule has 0 radical (unpaired) electrons. The number of aliphatic hydroxyl groups is 1. The van der Waals surface area contributed by atoms with Gasteiger partial charge in [-0.3, -0.25) is 0 Å². The van der Waals surface area contributed by atoms with Crippen molar-refractivity contribution in [3.8, 4) is 0 Å². The minimum atomic E-state index is 0.0863. The minimum absolute atomic E-state index is 0.0863. The summed E-state index contributed by atoms with van der Waals surface area (Å²) in [5, 5.41) is 8.73. The highest BCUT2D eigenvalue weighted by molar-refractivity contribution is 5.50. The molecule has 0 bridgehead atoms. The van der Waals surface area contributed by atoms with Crippen LogP contribution in [-0.4, -0.2) is 18.8 Å². The number of aliphatic hydroxyl groups excluding tert-OH is 1. The maximum absolute atomic E-state index is 8.73. The van der Waals surface area contributed by atoms with Crippen LogP contribution >= 0.6 is 0 Å². The predicted octanol–water partition coefficient (Wildman–Crippen LogP) is 2.02. The summed E-state index contributed by atoms with van der Waals surface area (Å²) in [5.41, 5.74) is 2.18. The number of anilines is 1. The highest BCUT2D eigenvalue weighted by Crippen LogP contribution is 2.15. The van der Waals surface area contributed by atoms with Gasteiger partial charge in [0, 0.05) is 18.4 Å². The first-order valence-corrected chi connectivity index (χ1v) is 4.32. The summed E-state index contributed by atoms with van der Waals surface area (Å²) in [6.07, 6.45) is 1.78. The standard InChI is InChI=1S/C11H15NO/c1-10(8-9-13)12(2)11-6-4-3-5-7-11/h3-8,13H,9H2,1-2H3/b10-8-. The molecule has 1 aromatic carbocycles. The number of hydrogen-bond donors (Lipinski definition) is 1. The van der Waals surface area contributed by atoms with E-state index in [1.54, 1.807) is 6.08 Å². The van der Waals surface area contributed by atoms with Crippen LogP contribution in [0, 0.1) is 0 Å². The second-order valence-corrected chi connectivity index (χ2v) is 2.92. The molecule has 0 fully saturated rings. The Hall–Kier alpha value is -1.28. The molecule has 0 amide bonds. The van der Waals surface area contributed by atoms with Gasteiger partial charge >= 0.3 is 0 Å². The van der Waals surface area contributed by atoms with E-state index in [1.165, 1.54) is 0 Å². The molecule has 0 aliphatic carbocycles. The maximum atomic E-state index is 8.73. The Morgan fingerprint density at radius 3 is 2.54 bits per heavy atom. The lowest BCUT2D eigenvalue weighted by molar-refractivity contribution is 0.341. The van der Waals surface area contributed by atoms with Crippen molar-refractivity contribution in [2.75, 3.05) is 18.6 Å². The van der Waals surface area contributed by atoms with Crippen LogP contribution in [0.3, 0.4) is 0 Å². The van der Waals surface area contributed by atoms with Crippen LogP contribution in [0.15, 0.2) is 42.1 Å². The molecule has 0 spiro atoms. The molecule has 1 N–H and O–H groups in total. The topological polar surface area (TPSA) is 23.5 Å². The predicted molar refractivity (Wildman–Crippen MR) is 55.7 cm³/mol. The fraction of sp³-hybridized carbons (Fsp3) is 0.273. The van der Waals surface area contributed by atoms with Crippen LogP contribution in [0.25, 0.3) is 0 Å². The molecule has 2 heteroatoms. The molecule has 0 aliphatic rings. The Bertz CT molecular complexity index is 279. The number of para-hydroxylation sites is 1. The molecule has 0 heterocycles. The van der Waals surface area contributed by atoms with Crippen molar-refractivity contribution in [3.63, 3.8) is 0 Å². The molecule has 13 heavy (non-hydrogen) atoms. The number of nitrogens with zero attached hydrogens (tertiary/aromatic N) is 1. The van der Waals surface area contributed by atoms with E-state index in [0.717, 1.165) is 11.4 Å². The lowest BCUT2D eigenvalue weighted by Gasteiger charge is -2.19. The van der Waals surface area contributed by atoms with Crippen molar-refractivity contribution in [1.82, 2.24) is 0 Å². The van der Waals surface area contributed by atoms with E-state index >= 15 is 0 Å². The SMILES string of the molecule is C/C(=C/CO)N(C)c1ccccc1. The second kappa shape index (κ2) is 4.67. The molecule has 70 valence electrons. The first kappa shape index (κ1) is 9.81. The Balaban J connectivity index is 2.79. The van der Waals surface area contributed by atoms with Crippen LogP contribution < -0.4 is 4.90 Å². The molecule has 0 atom stereocenters. The molecular weight excluding hydrogens is 162 g/mol. The van der Waals surface area contributed by atoms with Crippen LogP contribution in [0.1, 0.15) is 6.92 Å². The highest BCUT2D eigenvalue weighted by atomic mass is 16.2. The van der Waals surface area contributed by atoms with Crippen LogP contribution in [0.5, 0.6) is 0 Å². The molecule has 0 aliphatic heterocycles. The second-order valence-electron chi connectivity index (χ2n) is 2.92. The zero-order valence-electron chi connectivity index (χ0n) is 8.07. The van der Waals surface area contributed by atoms with Gasteiger partial charge in [-0.25, -0.2) is 0 Å². The molecule has 0 saturated carbocycles. The van der Waals surface area contributed by atoms with Crippen molar-refractivity contribution in [3.05, 3.63) is 42.1 Å². The van der Waals surface area contributed by atoms with Crippen molar-refractivity contribution in [1.29, 1.82) is 0 Å². The van der Waals surface area contributed by atoms with Crippen LogP contribution in [-0.2, 0) is 0 Å². The average Bonchev–Trinajstić information content (AvgIpc) is 2.18. The summed E-state index contributed by atoms with van der Waals surface area (Å²) >= 11 is 0. The van der Waals surface area contributed by atoms with E-state index in [2.05, 4.69) is 0 Å². The molecular formula is C11H15NO. The van der Waals surface area contributed by atoms with E-state index in [0.29, 0.717) is 0 Å². The third kappa shape index (κ3) is 2.60. The Morgan fingerprint density at radius 1 is 1.38 bits per heavy atom. The largest absolute Gasteiger partial charge is 0.392 e. The van der Waals surface area contributed by atoms with Crippen molar-refractivity contribution in [2.45, 2.75) is 6.92 Å². The van der Waals surface area contributed by atoms with Crippen LogP contribution in [0.2, 0.25) is 0 Å². The third-order valence-electron chi connectivity index (χ3n) is 2.06. The molecule has 1 aromatic rings. The van der Waals surface area contributed by atoms with Gasteiger partial charge in [0.25, 0.3) is 0 Å². The highest BCUT2D eigenvalue weighted by Gasteiger charge is 1.99. The van der Waals surface area contributed by atoms with Gasteiger partial charge in [-0.2, -0.15) is 0 Å². The fourth-order valence-corrected chi connectivity index (χ4v) is 1.12. The summed E-state index contributed by atoms with van der Waals surface area (Å²) < 4.78 is 0.